The molecule has 1 N–H and O–H groups in total. The number of epoxide rings is 1. The molecule has 3 rings (SSSR count). The molecule has 26 heavy (non-hydrogen) atoms. The zero-order chi connectivity index (χ0) is 18.9. The first-order chi connectivity index (χ1) is 12.3. The fourth-order valence-corrected chi connectivity index (χ4v) is 3.67. The van der Waals surface area contributed by atoms with Gasteiger partial charge in [-0.05, 0) is 45.1 Å². The average Bonchev–Trinajstić information content (AvgIpc) is 3.17. The SMILES string of the molecule is C=C(C)[C@@H]1C[C@H]2C(=C)C(=O)O[C@@H]2[C@H]2O[C@]2(C)CC/C=C\CCNC(=O)O1.[HH]. The Morgan fingerprint density at radius 2 is 2.04 bits per heavy atom. The van der Waals surface area contributed by atoms with E-state index in [1.165, 1.54) is 0 Å². The summed E-state index contributed by atoms with van der Waals surface area (Å²) in [6.45, 7) is 12.2. The first-order valence-electron chi connectivity index (χ1n) is 9.14. The van der Waals surface area contributed by atoms with Gasteiger partial charge < -0.3 is 19.5 Å². The number of rotatable bonds is 1. The minimum absolute atomic E-state index is 0. The van der Waals surface area contributed by atoms with Crippen molar-refractivity contribution < 1.29 is 25.2 Å². The highest BCUT2D eigenvalue weighted by molar-refractivity contribution is 5.91. The third-order valence-corrected chi connectivity index (χ3v) is 5.41. The van der Waals surface area contributed by atoms with Crippen molar-refractivity contribution >= 4 is 12.1 Å². The van der Waals surface area contributed by atoms with E-state index in [1.807, 2.05) is 19.9 Å². The molecule has 3 heterocycles. The molecule has 6 heteroatoms. The van der Waals surface area contributed by atoms with E-state index in [2.05, 4.69) is 24.6 Å². The van der Waals surface area contributed by atoms with Crippen LogP contribution in [-0.2, 0) is 19.0 Å². The zero-order valence-corrected chi connectivity index (χ0v) is 15.5. The van der Waals surface area contributed by atoms with Crippen LogP contribution in [0.1, 0.15) is 41.0 Å². The van der Waals surface area contributed by atoms with Crippen molar-refractivity contribution in [1.29, 1.82) is 0 Å². The molecule has 2 fully saturated rings. The van der Waals surface area contributed by atoms with Gasteiger partial charge in [0, 0.05) is 19.5 Å². The van der Waals surface area contributed by atoms with Crippen molar-refractivity contribution in [3.05, 3.63) is 36.5 Å². The van der Waals surface area contributed by atoms with Crippen LogP contribution in [0.3, 0.4) is 0 Å². The van der Waals surface area contributed by atoms with Gasteiger partial charge in [-0.2, -0.15) is 0 Å². The minimum Gasteiger partial charge on any atom is -0.455 e. The smallest absolute Gasteiger partial charge is 0.407 e. The number of allylic oxidation sites excluding steroid dienone is 1. The molecule has 1 amide bonds. The van der Waals surface area contributed by atoms with Gasteiger partial charge >= 0.3 is 12.1 Å². The van der Waals surface area contributed by atoms with E-state index in [9.17, 15) is 9.59 Å². The van der Waals surface area contributed by atoms with Crippen LogP contribution in [0.2, 0.25) is 0 Å². The van der Waals surface area contributed by atoms with Crippen molar-refractivity contribution in [3.8, 4) is 0 Å². The minimum atomic E-state index is -0.514. The van der Waals surface area contributed by atoms with E-state index >= 15 is 0 Å². The lowest BCUT2D eigenvalue weighted by Gasteiger charge is -2.24. The third kappa shape index (κ3) is 3.85. The maximum atomic E-state index is 12.1. The van der Waals surface area contributed by atoms with Crippen LogP contribution in [0.5, 0.6) is 0 Å². The number of cyclic esters (lactones) is 1. The topological polar surface area (TPSA) is 77.2 Å². The Morgan fingerprint density at radius 1 is 1.31 bits per heavy atom. The van der Waals surface area contributed by atoms with Gasteiger partial charge in [-0.15, -0.1) is 0 Å². The Balaban J connectivity index is 0.00000261. The summed E-state index contributed by atoms with van der Waals surface area (Å²) in [5.74, 6) is -0.659. The van der Waals surface area contributed by atoms with Gasteiger partial charge in [-0.3, -0.25) is 0 Å². The number of esters is 1. The van der Waals surface area contributed by atoms with Crippen LogP contribution >= 0.6 is 0 Å². The van der Waals surface area contributed by atoms with Gasteiger partial charge in [0.2, 0.25) is 0 Å². The summed E-state index contributed by atoms with van der Waals surface area (Å²) in [5.41, 5.74) is 0.827. The van der Waals surface area contributed by atoms with Crippen molar-refractivity contribution in [1.82, 2.24) is 5.32 Å². The molecule has 0 aliphatic carbocycles. The van der Waals surface area contributed by atoms with E-state index in [-0.39, 0.29) is 19.0 Å². The maximum absolute atomic E-state index is 12.1. The molecule has 5 atom stereocenters. The summed E-state index contributed by atoms with van der Waals surface area (Å²) in [6.07, 6.45) is 5.45. The molecule has 0 saturated carbocycles. The lowest BCUT2D eigenvalue weighted by molar-refractivity contribution is -0.140. The highest BCUT2D eigenvalue weighted by Gasteiger charge is 2.61. The second-order valence-corrected chi connectivity index (χ2v) is 7.55. The number of fused-ring (bicyclic) bond motifs is 3. The number of carbonyl (C=O) groups excluding carboxylic acids is 2. The second-order valence-electron chi connectivity index (χ2n) is 7.55. The molecule has 0 radical (unpaired) electrons. The standard InChI is InChI=1S/C20H27NO5.H2/c1-12(2)15-11-14-13(3)18(22)25-16(14)17-20(4,26-17)9-7-5-6-8-10-21-19(23)24-15;/h5-6,14-17H,1,3,7-11H2,2,4H3,(H,21,23);1H/b6-5-;/t14-,15-,16-,17+,20+;/m0./s1. The highest BCUT2D eigenvalue weighted by atomic mass is 16.6. The van der Waals surface area contributed by atoms with Gasteiger partial charge in [-0.1, -0.05) is 25.3 Å². The van der Waals surface area contributed by atoms with Gasteiger partial charge in [0.05, 0.1) is 5.60 Å². The number of alkyl carbamates (subject to hydrolysis) is 1. The fourth-order valence-electron chi connectivity index (χ4n) is 3.67. The van der Waals surface area contributed by atoms with Crippen molar-refractivity contribution in [3.63, 3.8) is 0 Å². The fraction of sp³-hybridized carbons (Fsp3) is 0.600. The maximum Gasteiger partial charge on any atom is 0.407 e. The number of nitrogens with one attached hydrogen (secondary N) is 1. The summed E-state index contributed by atoms with van der Waals surface area (Å²) in [7, 11) is 0. The average molecular weight is 363 g/mol. The number of amides is 1. The Hall–Kier alpha value is -2.08. The van der Waals surface area contributed by atoms with Crippen LogP contribution in [0.4, 0.5) is 4.79 Å². The molecule has 3 aliphatic heterocycles. The molecule has 0 aromatic rings. The summed E-state index contributed by atoms with van der Waals surface area (Å²) in [4.78, 5) is 24.2. The number of carbonyl (C=O) groups is 2. The Kier molecular flexibility index (Phi) is 5.23. The van der Waals surface area contributed by atoms with E-state index in [0.717, 1.165) is 24.8 Å². The monoisotopic (exact) mass is 363 g/mol. The van der Waals surface area contributed by atoms with Gasteiger partial charge in [-0.25, -0.2) is 9.59 Å². The predicted octanol–water partition coefficient (Wildman–Crippen LogP) is 3.29. The molecule has 2 saturated heterocycles. The summed E-state index contributed by atoms with van der Waals surface area (Å²) >= 11 is 0. The molecule has 0 spiro atoms. The Labute approximate surface area is 155 Å². The summed E-state index contributed by atoms with van der Waals surface area (Å²) in [5, 5.41) is 2.74. The lowest BCUT2D eigenvalue weighted by Crippen LogP contribution is -2.34. The molecule has 0 unspecified atom stereocenters. The largest absolute Gasteiger partial charge is 0.455 e. The van der Waals surface area contributed by atoms with E-state index in [4.69, 9.17) is 14.2 Å². The first-order valence-corrected chi connectivity index (χ1v) is 9.14. The van der Waals surface area contributed by atoms with Crippen molar-refractivity contribution in [2.75, 3.05) is 6.54 Å². The molecule has 0 aromatic carbocycles. The number of ether oxygens (including phenoxy) is 3. The molecule has 6 nitrogen and oxygen atoms in total. The van der Waals surface area contributed by atoms with E-state index in [1.54, 1.807) is 0 Å². The molecule has 144 valence electrons. The molecular formula is C20H29NO5. The van der Waals surface area contributed by atoms with Crippen LogP contribution in [0, 0.1) is 5.92 Å². The zero-order valence-electron chi connectivity index (χ0n) is 15.5. The molecular weight excluding hydrogens is 334 g/mol. The van der Waals surface area contributed by atoms with Crippen LogP contribution in [-0.4, -0.2) is 42.5 Å². The second kappa shape index (κ2) is 7.27. The van der Waals surface area contributed by atoms with Crippen molar-refractivity contribution in [2.24, 2.45) is 5.92 Å². The summed E-state index contributed by atoms with van der Waals surface area (Å²) in [6, 6.07) is 0. The van der Waals surface area contributed by atoms with Crippen LogP contribution in [0.25, 0.3) is 0 Å². The molecule has 3 aliphatic rings. The van der Waals surface area contributed by atoms with Gasteiger partial charge in [0.15, 0.2) is 0 Å². The summed E-state index contributed by atoms with van der Waals surface area (Å²) < 4.78 is 17.0. The normalized spacial score (nSPS) is 39.2. The Morgan fingerprint density at radius 3 is 2.77 bits per heavy atom. The predicted molar refractivity (Wildman–Crippen MR) is 98.6 cm³/mol. The van der Waals surface area contributed by atoms with Crippen molar-refractivity contribution in [2.45, 2.75) is 63.4 Å². The highest BCUT2D eigenvalue weighted by Crippen LogP contribution is 2.49. The van der Waals surface area contributed by atoms with E-state index < -0.39 is 24.3 Å². The lowest BCUT2D eigenvalue weighted by atomic mass is 9.84. The van der Waals surface area contributed by atoms with E-state index in [0.29, 0.717) is 18.5 Å². The number of hydrogen-bond acceptors (Lipinski definition) is 5. The third-order valence-electron chi connectivity index (χ3n) is 5.41. The molecule has 0 aromatic heterocycles. The van der Waals surface area contributed by atoms with Gasteiger partial charge in [0.1, 0.15) is 18.3 Å². The van der Waals surface area contributed by atoms with Gasteiger partial charge in [0.25, 0.3) is 0 Å². The number of hydrogen-bond donors (Lipinski definition) is 1. The molecule has 0 bridgehead atoms. The van der Waals surface area contributed by atoms with Crippen LogP contribution < -0.4 is 5.32 Å². The Bertz CT molecular complexity index is 661. The quantitative estimate of drug-likeness (QED) is 0.335. The van der Waals surface area contributed by atoms with Crippen LogP contribution in [0.15, 0.2) is 36.5 Å². The first kappa shape index (κ1) is 18.7.